The first kappa shape index (κ1) is 31.8. The molecule has 262 valence electrons. The van der Waals surface area contributed by atoms with Gasteiger partial charge < -0.3 is 4.57 Å². The summed E-state index contributed by atoms with van der Waals surface area (Å²) in [5.41, 5.74) is 14.7. The fourth-order valence-corrected chi connectivity index (χ4v) is 9.45. The van der Waals surface area contributed by atoms with E-state index >= 15 is 0 Å². The van der Waals surface area contributed by atoms with Crippen LogP contribution < -0.4 is 0 Å². The fraction of sp³-hybridized carbons (Fsp3) is 0.118. The molecule has 7 aromatic carbocycles. The number of hydrogen-bond donors (Lipinski definition) is 0. The topological polar surface area (TPSA) is 43.6 Å². The van der Waals surface area contributed by atoms with Crippen LogP contribution in [0.1, 0.15) is 43.2 Å². The normalized spacial score (nSPS) is 14.3. The zero-order valence-corrected chi connectivity index (χ0v) is 30.5. The largest absolute Gasteiger partial charge is 0.309 e. The van der Waals surface area contributed by atoms with Crippen LogP contribution >= 0.6 is 0 Å². The van der Waals surface area contributed by atoms with E-state index in [1.165, 1.54) is 87.3 Å². The third-order valence-corrected chi connectivity index (χ3v) is 12.1. The molecule has 2 aliphatic rings. The molecule has 0 amide bonds. The van der Waals surface area contributed by atoms with Crippen LogP contribution in [0.5, 0.6) is 0 Å². The summed E-state index contributed by atoms with van der Waals surface area (Å²) in [4.78, 5) is 15.2. The molecule has 0 N–H and O–H groups in total. The van der Waals surface area contributed by atoms with Crippen LogP contribution in [0.25, 0.3) is 83.9 Å². The Morgan fingerprint density at radius 3 is 1.56 bits per heavy atom. The second-order valence-corrected chi connectivity index (χ2v) is 15.1. The van der Waals surface area contributed by atoms with E-state index in [0.717, 1.165) is 22.4 Å². The lowest BCUT2D eigenvalue weighted by molar-refractivity contribution is 0.353. The molecule has 2 aromatic heterocycles. The Balaban J connectivity index is 1.16. The van der Waals surface area contributed by atoms with Gasteiger partial charge in [-0.25, -0.2) is 15.0 Å². The van der Waals surface area contributed by atoms with Crippen LogP contribution in [0.15, 0.2) is 170 Å². The molecule has 9 aromatic rings. The molecule has 0 saturated heterocycles. The van der Waals surface area contributed by atoms with E-state index in [4.69, 9.17) is 15.0 Å². The van der Waals surface area contributed by atoms with Crippen LogP contribution in [-0.2, 0) is 5.41 Å². The van der Waals surface area contributed by atoms with Gasteiger partial charge in [0.05, 0.1) is 11.0 Å². The molecule has 1 spiro atoms. The second-order valence-electron chi connectivity index (χ2n) is 15.1. The summed E-state index contributed by atoms with van der Waals surface area (Å²) < 4.78 is 2.45. The van der Waals surface area contributed by atoms with Crippen LogP contribution in [0, 0.1) is 0 Å². The molecule has 55 heavy (non-hydrogen) atoms. The van der Waals surface area contributed by atoms with Gasteiger partial charge in [-0.15, -0.1) is 0 Å². The number of hydrogen-bond acceptors (Lipinski definition) is 3. The van der Waals surface area contributed by atoms with Crippen molar-refractivity contribution in [1.82, 2.24) is 19.5 Å². The first-order chi connectivity index (χ1) is 27.2. The van der Waals surface area contributed by atoms with Gasteiger partial charge in [0.2, 0.25) is 0 Å². The lowest BCUT2D eigenvalue weighted by Crippen LogP contribution is -2.27. The van der Waals surface area contributed by atoms with Crippen molar-refractivity contribution in [1.29, 1.82) is 0 Å². The van der Waals surface area contributed by atoms with E-state index in [2.05, 4.69) is 138 Å². The molecular formula is C51H38N4. The zero-order valence-electron chi connectivity index (χ0n) is 30.5. The molecule has 0 aliphatic heterocycles. The van der Waals surface area contributed by atoms with Crippen molar-refractivity contribution >= 4 is 21.8 Å². The molecule has 0 radical (unpaired) electrons. The molecule has 0 bridgehead atoms. The van der Waals surface area contributed by atoms with Gasteiger partial charge in [0.25, 0.3) is 0 Å². The Bertz CT molecular complexity index is 2810. The molecule has 2 heterocycles. The smallest absolute Gasteiger partial charge is 0.164 e. The predicted octanol–water partition coefficient (Wildman–Crippen LogP) is 12.9. The molecule has 2 aliphatic carbocycles. The van der Waals surface area contributed by atoms with E-state index in [1.807, 2.05) is 36.4 Å². The Morgan fingerprint density at radius 1 is 0.382 bits per heavy atom. The van der Waals surface area contributed by atoms with Crippen LogP contribution in [0.4, 0.5) is 0 Å². The highest BCUT2D eigenvalue weighted by Gasteiger charge is 2.44. The minimum Gasteiger partial charge on any atom is -0.309 e. The van der Waals surface area contributed by atoms with E-state index in [9.17, 15) is 0 Å². The van der Waals surface area contributed by atoms with E-state index in [-0.39, 0.29) is 5.41 Å². The van der Waals surface area contributed by atoms with Gasteiger partial charge in [-0.3, -0.25) is 0 Å². The lowest BCUT2D eigenvalue weighted by atomic mass is 9.68. The standard InChI is InChI=1S/C51H38N4/c1-5-15-34(16-6-1)35-23-26-39(27-24-35)55-46-28-25-38(50-53-48(36-17-7-2-8-18-36)52-49(54-50)37-19-9-3-10-20-37)31-42(46)43-32-45-41(33-47(43)55)40-21-11-12-22-44(40)51(45)29-13-4-14-30-51/h1-3,5-12,15-28,31-33H,4,13-14,29-30H2. The summed E-state index contributed by atoms with van der Waals surface area (Å²) in [6.45, 7) is 0. The summed E-state index contributed by atoms with van der Waals surface area (Å²) in [6, 6.07) is 61.1. The fourth-order valence-electron chi connectivity index (χ4n) is 9.45. The Labute approximate surface area is 320 Å². The van der Waals surface area contributed by atoms with Crippen molar-refractivity contribution in [2.45, 2.75) is 37.5 Å². The minimum absolute atomic E-state index is 0.0606. The summed E-state index contributed by atoms with van der Waals surface area (Å²) in [7, 11) is 0. The summed E-state index contributed by atoms with van der Waals surface area (Å²) in [5.74, 6) is 2.00. The van der Waals surface area contributed by atoms with Gasteiger partial charge >= 0.3 is 0 Å². The Morgan fingerprint density at radius 2 is 0.909 bits per heavy atom. The van der Waals surface area contributed by atoms with Gasteiger partial charge in [-0.05, 0) is 88.7 Å². The molecule has 4 nitrogen and oxygen atoms in total. The average molecular weight is 707 g/mol. The second kappa shape index (κ2) is 12.7. The molecule has 1 fully saturated rings. The molecule has 0 unspecified atom stereocenters. The summed E-state index contributed by atoms with van der Waals surface area (Å²) in [5, 5.41) is 2.47. The van der Waals surface area contributed by atoms with Crippen LogP contribution in [0.3, 0.4) is 0 Å². The summed E-state index contributed by atoms with van der Waals surface area (Å²) in [6.07, 6.45) is 6.23. The highest BCUT2D eigenvalue weighted by Crippen LogP contribution is 2.57. The first-order valence-corrected chi connectivity index (χ1v) is 19.5. The number of aromatic nitrogens is 4. The van der Waals surface area contributed by atoms with Gasteiger partial charge in [-0.2, -0.15) is 0 Å². The van der Waals surface area contributed by atoms with Gasteiger partial charge in [0.1, 0.15) is 0 Å². The van der Waals surface area contributed by atoms with Gasteiger partial charge in [0, 0.05) is 38.6 Å². The monoisotopic (exact) mass is 706 g/mol. The number of nitrogens with zero attached hydrogens (tertiary/aromatic N) is 4. The quantitative estimate of drug-likeness (QED) is 0.179. The maximum Gasteiger partial charge on any atom is 0.164 e. The van der Waals surface area contributed by atoms with Gasteiger partial charge in [0.15, 0.2) is 17.5 Å². The predicted molar refractivity (Wildman–Crippen MR) is 225 cm³/mol. The Hall–Kier alpha value is -6.65. The van der Waals surface area contributed by atoms with Crippen molar-refractivity contribution in [3.05, 3.63) is 181 Å². The molecule has 11 rings (SSSR count). The maximum atomic E-state index is 5.11. The number of fused-ring (bicyclic) bond motifs is 8. The highest BCUT2D eigenvalue weighted by atomic mass is 15.0. The lowest BCUT2D eigenvalue weighted by Gasteiger charge is -2.36. The number of benzene rings is 7. The molecule has 1 saturated carbocycles. The highest BCUT2D eigenvalue weighted by molar-refractivity contribution is 6.12. The van der Waals surface area contributed by atoms with E-state index < -0.39 is 0 Å². The van der Waals surface area contributed by atoms with Crippen molar-refractivity contribution in [3.8, 4) is 62.1 Å². The van der Waals surface area contributed by atoms with E-state index in [1.54, 1.807) is 0 Å². The number of rotatable bonds is 5. The molecule has 4 heteroatoms. The third kappa shape index (κ3) is 5.16. The Kier molecular flexibility index (Phi) is 7.38. The van der Waals surface area contributed by atoms with Crippen molar-refractivity contribution in [3.63, 3.8) is 0 Å². The minimum atomic E-state index is 0.0606. The van der Waals surface area contributed by atoms with E-state index in [0.29, 0.717) is 17.5 Å². The van der Waals surface area contributed by atoms with Gasteiger partial charge in [-0.1, -0.05) is 147 Å². The maximum absolute atomic E-state index is 5.11. The third-order valence-electron chi connectivity index (χ3n) is 12.1. The molecular weight excluding hydrogens is 669 g/mol. The SMILES string of the molecule is c1ccc(-c2ccc(-n3c4ccc(-c5nc(-c6ccccc6)nc(-c6ccccc6)n5)cc4c4cc5c(cc43)-c3ccccc3C53CCCCC3)cc2)cc1. The van der Waals surface area contributed by atoms with Crippen LogP contribution in [-0.4, -0.2) is 19.5 Å². The van der Waals surface area contributed by atoms with Crippen LogP contribution in [0.2, 0.25) is 0 Å². The van der Waals surface area contributed by atoms with Crippen molar-refractivity contribution < 1.29 is 0 Å². The zero-order chi connectivity index (χ0) is 36.3. The first-order valence-electron chi connectivity index (χ1n) is 19.5. The molecule has 0 atom stereocenters. The van der Waals surface area contributed by atoms with Crippen molar-refractivity contribution in [2.24, 2.45) is 0 Å². The summed E-state index contributed by atoms with van der Waals surface area (Å²) >= 11 is 0. The average Bonchev–Trinajstić information content (AvgIpc) is 3.72. The van der Waals surface area contributed by atoms with Crippen molar-refractivity contribution in [2.75, 3.05) is 0 Å².